The summed E-state index contributed by atoms with van der Waals surface area (Å²) in [5.41, 5.74) is 4.98. The Morgan fingerprint density at radius 2 is 2.10 bits per heavy atom. The Kier molecular flexibility index (Phi) is 7.35. The number of carbonyl (C=O) groups excluding carboxylic acids is 2. The first-order chi connectivity index (χ1) is 9.92. The summed E-state index contributed by atoms with van der Waals surface area (Å²) in [7, 11) is 0. The number of nitrogens with one attached hydrogen (secondary N) is 2. The largest absolute Gasteiger partial charge is 0.480 e. The van der Waals surface area contributed by atoms with Crippen molar-refractivity contribution in [2.45, 2.75) is 56.4 Å². The highest BCUT2D eigenvalue weighted by molar-refractivity contribution is 7.99. The zero-order chi connectivity index (χ0) is 15.8. The quantitative estimate of drug-likeness (QED) is 0.524. The Labute approximate surface area is 128 Å². The summed E-state index contributed by atoms with van der Waals surface area (Å²) in [6, 6.07) is -1.52. The van der Waals surface area contributed by atoms with E-state index >= 15 is 0 Å². The van der Waals surface area contributed by atoms with Crippen LogP contribution in [0, 0.1) is 0 Å². The molecule has 7 nitrogen and oxygen atoms in total. The molecule has 1 aliphatic rings. The summed E-state index contributed by atoms with van der Waals surface area (Å²) >= 11 is 1.88. The van der Waals surface area contributed by atoms with Crippen LogP contribution in [0.25, 0.3) is 0 Å². The van der Waals surface area contributed by atoms with Crippen molar-refractivity contribution < 1.29 is 19.5 Å². The Bertz CT molecular complexity index is 392. The van der Waals surface area contributed by atoms with Crippen LogP contribution in [-0.2, 0) is 9.59 Å². The van der Waals surface area contributed by atoms with Gasteiger partial charge in [-0.1, -0.05) is 6.92 Å². The van der Waals surface area contributed by atoms with E-state index in [2.05, 4.69) is 17.6 Å². The van der Waals surface area contributed by atoms with Crippen molar-refractivity contribution in [1.82, 2.24) is 10.6 Å². The maximum absolute atomic E-state index is 11.8. The number of rotatable bonds is 8. The second kappa shape index (κ2) is 8.76. The molecule has 1 rings (SSSR count). The van der Waals surface area contributed by atoms with Gasteiger partial charge in [-0.25, -0.2) is 9.59 Å². The Morgan fingerprint density at radius 3 is 2.67 bits per heavy atom. The van der Waals surface area contributed by atoms with Gasteiger partial charge in [-0.15, -0.1) is 0 Å². The summed E-state index contributed by atoms with van der Waals surface area (Å²) in [5, 5.41) is 14.7. The van der Waals surface area contributed by atoms with Gasteiger partial charge in [-0.05, 0) is 31.4 Å². The maximum Gasteiger partial charge on any atom is 0.326 e. The predicted octanol–water partition coefficient (Wildman–Crippen LogP) is 0.679. The van der Waals surface area contributed by atoms with E-state index in [-0.39, 0.29) is 18.9 Å². The van der Waals surface area contributed by atoms with Crippen molar-refractivity contribution in [1.29, 1.82) is 0 Å². The molecule has 1 aliphatic carbocycles. The monoisotopic (exact) mass is 317 g/mol. The van der Waals surface area contributed by atoms with Crippen molar-refractivity contribution in [2.75, 3.05) is 5.75 Å². The minimum atomic E-state index is -1.17. The van der Waals surface area contributed by atoms with Crippen LogP contribution in [0.2, 0.25) is 0 Å². The zero-order valence-electron chi connectivity index (χ0n) is 12.1. The van der Waals surface area contributed by atoms with E-state index in [0.717, 1.165) is 25.0 Å². The standard InChI is InChI=1S/C13H23N3O4S/c1-2-21-9-4-3-8(7-9)15-13(20)16-10(12(18)19)5-6-11(14)17/h8-10H,2-7H2,1H3,(H2,14,17)(H,18,19)(H2,15,16,20)/t8?,9?,10-/m1/s1. The summed E-state index contributed by atoms with van der Waals surface area (Å²) in [6.45, 7) is 2.11. The molecule has 2 unspecified atom stereocenters. The van der Waals surface area contributed by atoms with Gasteiger partial charge in [0, 0.05) is 17.7 Å². The fraction of sp³-hybridized carbons (Fsp3) is 0.769. The van der Waals surface area contributed by atoms with Crippen molar-refractivity contribution >= 4 is 29.7 Å². The van der Waals surface area contributed by atoms with Crippen LogP contribution in [0.4, 0.5) is 4.79 Å². The van der Waals surface area contributed by atoms with Gasteiger partial charge in [0.15, 0.2) is 0 Å². The van der Waals surface area contributed by atoms with Crippen molar-refractivity contribution in [3.63, 3.8) is 0 Å². The Balaban J connectivity index is 2.37. The minimum Gasteiger partial charge on any atom is -0.480 e. The molecule has 21 heavy (non-hydrogen) atoms. The van der Waals surface area contributed by atoms with Gasteiger partial charge in [0.25, 0.3) is 0 Å². The molecule has 0 radical (unpaired) electrons. The number of amides is 3. The fourth-order valence-corrected chi connectivity index (χ4v) is 3.53. The number of hydrogen-bond donors (Lipinski definition) is 4. The molecule has 8 heteroatoms. The van der Waals surface area contributed by atoms with Gasteiger partial charge in [-0.2, -0.15) is 11.8 Å². The Hall–Kier alpha value is -1.44. The average Bonchev–Trinajstić information content (AvgIpc) is 2.81. The van der Waals surface area contributed by atoms with Crippen molar-refractivity contribution in [3.8, 4) is 0 Å². The van der Waals surface area contributed by atoms with Gasteiger partial charge < -0.3 is 21.5 Å². The molecule has 3 atom stereocenters. The van der Waals surface area contributed by atoms with Gasteiger partial charge in [0.2, 0.25) is 5.91 Å². The van der Waals surface area contributed by atoms with Crippen LogP contribution in [0.5, 0.6) is 0 Å². The van der Waals surface area contributed by atoms with Crippen LogP contribution in [-0.4, -0.2) is 46.1 Å². The lowest BCUT2D eigenvalue weighted by Crippen LogP contribution is -2.48. The molecule has 1 saturated carbocycles. The first-order valence-electron chi connectivity index (χ1n) is 7.12. The summed E-state index contributed by atoms with van der Waals surface area (Å²) in [5.74, 6) is -0.700. The highest BCUT2D eigenvalue weighted by Crippen LogP contribution is 2.29. The van der Waals surface area contributed by atoms with Gasteiger partial charge >= 0.3 is 12.0 Å². The first-order valence-corrected chi connectivity index (χ1v) is 8.17. The molecule has 0 spiro atoms. The van der Waals surface area contributed by atoms with E-state index in [9.17, 15) is 14.4 Å². The SMILES string of the molecule is CCSC1CCC(NC(=O)N[C@H](CCC(N)=O)C(=O)O)C1. The topological polar surface area (TPSA) is 122 Å². The highest BCUT2D eigenvalue weighted by Gasteiger charge is 2.27. The van der Waals surface area contributed by atoms with Crippen LogP contribution >= 0.6 is 11.8 Å². The molecule has 120 valence electrons. The molecular weight excluding hydrogens is 294 g/mol. The summed E-state index contributed by atoms with van der Waals surface area (Å²) in [4.78, 5) is 33.5. The van der Waals surface area contributed by atoms with E-state index in [0.29, 0.717) is 5.25 Å². The molecule has 5 N–H and O–H groups in total. The van der Waals surface area contributed by atoms with E-state index in [1.807, 2.05) is 11.8 Å². The second-order valence-corrected chi connectivity index (χ2v) is 6.68. The molecule has 3 amide bonds. The molecule has 1 fully saturated rings. The predicted molar refractivity (Wildman–Crippen MR) is 81.1 cm³/mol. The third kappa shape index (κ3) is 6.70. The lowest BCUT2D eigenvalue weighted by Gasteiger charge is -2.17. The zero-order valence-corrected chi connectivity index (χ0v) is 12.9. The number of aliphatic carboxylic acids is 1. The molecule has 0 saturated heterocycles. The van der Waals surface area contributed by atoms with Gasteiger partial charge in [-0.3, -0.25) is 4.79 Å². The van der Waals surface area contributed by atoms with Crippen molar-refractivity contribution in [2.24, 2.45) is 5.73 Å². The number of carbonyl (C=O) groups is 3. The van der Waals surface area contributed by atoms with Crippen LogP contribution in [0.1, 0.15) is 39.0 Å². The molecule has 0 aromatic rings. The van der Waals surface area contributed by atoms with Crippen molar-refractivity contribution in [3.05, 3.63) is 0 Å². The highest BCUT2D eigenvalue weighted by atomic mass is 32.2. The number of hydrogen-bond acceptors (Lipinski definition) is 4. The van der Waals surface area contributed by atoms with Crippen LogP contribution in [0.3, 0.4) is 0 Å². The third-order valence-corrected chi connectivity index (χ3v) is 4.64. The van der Waals surface area contributed by atoms with Gasteiger partial charge in [0.05, 0.1) is 0 Å². The lowest BCUT2D eigenvalue weighted by atomic mass is 10.1. The molecule has 0 aliphatic heterocycles. The second-order valence-electron chi connectivity index (χ2n) is 5.10. The molecule has 0 aromatic heterocycles. The number of urea groups is 1. The maximum atomic E-state index is 11.8. The molecule has 0 aromatic carbocycles. The van der Waals surface area contributed by atoms with E-state index in [1.165, 1.54) is 0 Å². The molecule has 0 heterocycles. The van der Waals surface area contributed by atoms with Gasteiger partial charge in [0.1, 0.15) is 6.04 Å². The molecular formula is C13H23N3O4S. The van der Waals surface area contributed by atoms with E-state index in [4.69, 9.17) is 10.8 Å². The number of thioether (sulfide) groups is 1. The van der Waals surface area contributed by atoms with E-state index in [1.54, 1.807) is 0 Å². The lowest BCUT2D eigenvalue weighted by molar-refractivity contribution is -0.139. The number of nitrogens with two attached hydrogens (primary N) is 1. The van der Waals surface area contributed by atoms with Crippen LogP contribution < -0.4 is 16.4 Å². The first kappa shape index (κ1) is 17.6. The molecule has 0 bridgehead atoms. The van der Waals surface area contributed by atoms with E-state index < -0.39 is 23.9 Å². The fourth-order valence-electron chi connectivity index (χ4n) is 2.39. The minimum absolute atomic E-state index is 0.00291. The average molecular weight is 317 g/mol. The summed E-state index contributed by atoms with van der Waals surface area (Å²) < 4.78 is 0. The smallest absolute Gasteiger partial charge is 0.326 e. The summed E-state index contributed by atoms with van der Waals surface area (Å²) in [6.07, 6.45) is 2.80. The number of primary amides is 1. The number of carboxylic acid groups (broad SMARTS) is 1. The third-order valence-electron chi connectivity index (χ3n) is 3.40. The normalized spacial score (nSPS) is 22.5. The number of carboxylic acids is 1. The Morgan fingerprint density at radius 1 is 1.38 bits per heavy atom. The van der Waals surface area contributed by atoms with Crippen LogP contribution in [0.15, 0.2) is 0 Å².